The molecule has 0 aliphatic carbocycles. The van der Waals surface area contributed by atoms with Gasteiger partial charge in [0.2, 0.25) is 0 Å². The maximum Gasteiger partial charge on any atom is 0.106 e. The summed E-state index contributed by atoms with van der Waals surface area (Å²) in [5.74, 6) is 0. The van der Waals surface area contributed by atoms with Crippen LogP contribution in [0.2, 0.25) is 0 Å². The van der Waals surface area contributed by atoms with E-state index < -0.39 is 0 Å². The first-order valence-electron chi connectivity index (χ1n) is 4.43. The second-order valence-electron chi connectivity index (χ2n) is 2.29. The van der Waals surface area contributed by atoms with Gasteiger partial charge in [-0.25, -0.2) is 9.67 Å². The molecule has 13 heavy (non-hydrogen) atoms. The van der Waals surface area contributed by atoms with Crippen molar-refractivity contribution in [3.8, 4) is 5.69 Å². The van der Waals surface area contributed by atoms with Crippen LogP contribution in [-0.2, 0) is 0 Å². The molecule has 2 heterocycles. The molecule has 0 N–H and O–H groups in total. The summed E-state index contributed by atoms with van der Waals surface area (Å²) in [6.45, 7) is 0. The minimum absolute atomic E-state index is 0.0444. The van der Waals surface area contributed by atoms with E-state index >= 15 is 0 Å². The largest absolute Gasteiger partial charge is 0.247 e. The van der Waals surface area contributed by atoms with E-state index in [2.05, 4.69) is 41.9 Å². The number of aromatic nitrogens is 3. The van der Waals surface area contributed by atoms with Crippen LogP contribution in [0.3, 0.4) is 0 Å². The van der Waals surface area contributed by atoms with E-state index in [1.54, 1.807) is 18.3 Å². The fraction of sp³-hybridized carbons (Fsp3) is 0. The molecule has 0 saturated carbocycles. The first-order chi connectivity index (χ1) is 7.09. The molecule has 0 radical (unpaired) electrons. The van der Waals surface area contributed by atoms with Crippen LogP contribution in [0.4, 0.5) is 0 Å². The maximum atomic E-state index is 7.70. The Morgan fingerprint density at radius 2 is 2.23 bits per heavy atom. The summed E-state index contributed by atoms with van der Waals surface area (Å²) in [7, 11) is 0. The van der Waals surface area contributed by atoms with Crippen LogP contribution in [0.5, 0.6) is 0 Å². The van der Waals surface area contributed by atoms with E-state index in [1.807, 2.05) is 0 Å². The third kappa shape index (κ3) is 1.97. The number of hydrogen-bond acceptors (Lipinski definition) is 2. The molecule has 0 aliphatic heterocycles. The number of nitrogens with zero attached hydrogens (tertiary/aromatic N) is 3. The lowest BCUT2D eigenvalue weighted by Gasteiger charge is -1.98. The monoisotopic (exact) mass is 303 g/mol. The standard InChI is InChI=1S/C8H5Br2N3/c9-6-3-12-13(5-6)7-1-2-8(10)11-4-7/h1-5H/i3D,5D. The van der Waals surface area contributed by atoms with Crippen LogP contribution in [0.1, 0.15) is 2.74 Å². The molecule has 3 nitrogen and oxygen atoms in total. The lowest BCUT2D eigenvalue weighted by Crippen LogP contribution is -1.94. The van der Waals surface area contributed by atoms with Crippen molar-refractivity contribution in [3.05, 3.63) is 39.8 Å². The topological polar surface area (TPSA) is 30.7 Å². The molecule has 0 aromatic carbocycles. The summed E-state index contributed by atoms with van der Waals surface area (Å²) >= 11 is 6.35. The van der Waals surface area contributed by atoms with Gasteiger partial charge in [0.1, 0.15) is 4.60 Å². The predicted molar refractivity (Wildman–Crippen MR) is 56.8 cm³/mol. The van der Waals surface area contributed by atoms with Crippen LogP contribution < -0.4 is 0 Å². The van der Waals surface area contributed by atoms with Crippen molar-refractivity contribution < 1.29 is 2.74 Å². The van der Waals surface area contributed by atoms with E-state index in [0.29, 0.717) is 10.2 Å². The van der Waals surface area contributed by atoms with Gasteiger partial charge in [-0.2, -0.15) is 5.10 Å². The Hall–Kier alpha value is -0.680. The zero-order valence-corrected chi connectivity index (χ0v) is 9.50. The summed E-state index contributed by atoms with van der Waals surface area (Å²) in [5.41, 5.74) is 0.655. The van der Waals surface area contributed by atoms with Gasteiger partial charge in [0.15, 0.2) is 0 Å². The highest BCUT2D eigenvalue weighted by molar-refractivity contribution is 9.10. The molecule has 0 fully saturated rings. The van der Waals surface area contributed by atoms with Crippen LogP contribution in [-0.4, -0.2) is 14.8 Å². The Balaban J connectivity index is 2.54. The number of pyridine rings is 1. The van der Waals surface area contributed by atoms with Gasteiger partial charge >= 0.3 is 0 Å². The minimum Gasteiger partial charge on any atom is -0.247 e. The van der Waals surface area contributed by atoms with Gasteiger partial charge in [0.05, 0.1) is 25.3 Å². The van der Waals surface area contributed by atoms with Crippen LogP contribution in [0.15, 0.2) is 39.8 Å². The number of halogens is 2. The molecule has 0 saturated heterocycles. The minimum atomic E-state index is 0.0444. The summed E-state index contributed by atoms with van der Waals surface area (Å²) in [6.07, 6.45) is 1.77. The van der Waals surface area contributed by atoms with Crippen molar-refractivity contribution in [1.82, 2.24) is 14.8 Å². The molecule has 0 atom stereocenters. The highest BCUT2D eigenvalue weighted by atomic mass is 79.9. The number of hydrogen-bond donors (Lipinski definition) is 0. The summed E-state index contributed by atoms with van der Waals surface area (Å²) in [6, 6.07) is 3.53. The zero-order chi connectivity index (χ0) is 11.0. The van der Waals surface area contributed by atoms with E-state index in [9.17, 15) is 0 Å². The van der Waals surface area contributed by atoms with E-state index in [1.165, 1.54) is 4.68 Å². The van der Waals surface area contributed by atoms with Gasteiger partial charge < -0.3 is 0 Å². The molecule has 0 amide bonds. The predicted octanol–water partition coefficient (Wildman–Crippen LogP) is 2.79. The summed E-state index contributed by atoms with van der Waals surface area (Å²) in [5, 5.41) is 3.90. The van der Waals surface area contributed by atoms with Crippen LogP contribution in [0.25, 0.3) is 5.69 Å². The highest BCUT2D eigenvalue weighted by Gasteiger charge is 1.98. The van der Waals surface area contributed by atoms with Gasteiger partial charge in [-0.1, -0.05) is 0 Å². The third-order valence-corrected chi connectivity index (χ3v) is 2.23. The molecule has 0 bridgehead atoms. The first kappa shape index (κ1) is 6.73. The third-order valence-electron chi connectivity index (χ3n) is 1.41. The van der Waals surface area contributed by atoms with Gasteiger partial charge in [-0.05, 0) is 44.0 Å². The van der Waals surface area contributed by atoms with Gasteiger partial charge in [0, 0.05) is 6.17 Å². The van der Waals surface area contributed by atoms with Crippen molar-refractivity contribution in [2.75, 3.05) is 0 Å². The average Bonchev–Trinajstić information content (AvgIpc) is 2.47. The fourth-order valence-electron chi connectivity index (χ4n) is 0.852. The van der Waals surface area contributed by atoms with Gasteiger partial charge in [0.25, 0.3) is 0 Å². The Morgan fingerprint density at radius 3 is 2.77 bits per heavy atom. The molecular weight excluding hydrogens is 298 g/mol. The molecule has 2 aromatic heterocycles. The first-order valence-corrected chi connectivity index (χ1v) is 5.02. The Bertz CT molecular complexity index is 495. The van der Waals surface area contributed by atoms with Crippen molar-refractivity contribution in [1.29, 1.82) is 0 Å². The molecule has 0 aliphatic rings. The van der Waals surface area contributed by atoms with E-state index in [-0.39, 0.29) is 12.3 Å². The second kappa shape index (κ2) is 3.59. The van der Waals surface area contributed by atoms with Crippen molar-refractivity contribution in [2.45, 2.75) is 0 Å². The molecule has 2 rings (SSSR count). The summed E-state index contributed by atoms with van der Waals surface area (Å²) < 4.78 is 17.6. The number of rotatable bonds is 1. The molecule has 0 unspecified atom stereocenters. The quantitative estimate of drug-likeness (QED) is 0.759. The maximum absolute atomic E-state index is 7.70. The molecule has 2 aromatic rings. The molecule has 5 heteroatoms. The lowest BCUT2D eigenvalue weighted by atomic mass is 10.4. The fourth-order valence-corrected chi connectivity index (χ4v) is 1.33. The van der Waals surface area contributed by atoms with E-state index in [4.69, 9.17) is 2.74 Å². The van der Waals surface area contributed by atoms with Crippen molar-refractivity contribution in [3.63, 3.8) is 0 Å². The van der Waals surface area contributed by atoms with Crippen molar-refractivity contribution >= 4 is 31.9 Å². The smallest absolute Gasteiger partial charge is 0.106 e. The Labute approximate surface area is 94.9 Å². The van der Waals surface area contributed by atoms with Gasteiger partial charge in [-0.15, -0.1) is 0 Å². The lowest BCUT2D eigenvalue weighted by molar-refractivity contribution is 0.872. The Kier molecular flexibility index (Phi) is 1.86. The van der Waals surface area contributed by atoms with Gasteiger partial charge in [-0.3, -0.25) is 0 Å². The zero-order valence-electron chi connectivity index (χ0n) is 8.33. The van der Waals surface area contributed by atoms with Crippen molar-refractivity contribution in [2.24, 2.45) is 0 Å². The molecular formula is C8H5Br2N3. The Morgan fingerprint density at radius 1 is 1.38 bits per heavy atom. The van der Waals surface area contributed by atoms with Crippen LogP contribution in [0, 0.1) is 0 Å². The van der Waals surface area contributed by atoms with Crippen LogP contribution >= 0.6 is 31.9 Å². The van der Waals surface area contributed by atoms with E-state index in [0.717, 1.165) is 4.60 Å². The molecule has 0 spiro atoms. The second-order valence-corrected chi connectivity index (χ2v) is 3.89. The SMILES string of the molecule is [2H]c1nn(-c2ccc(Br)nc2)c([2H])c1Br. The molecule has 66 valence electrons. The average molecular weight is 305 g/mol. The highest BCUT2D eigenvalue weighted by Crippen LogP contribution is 2.13. The normalized spacial score (nSPS) is 12.5. The summed E-state index contributed by atoms with van der Waals surface area (Å²) in [4.78, 5) is 4.03.